The standard InChI is InChI=1S/C12H22N4O/c1-9(2)5-10(7-13)6-12(17)14-8-11-3-4-15-16-11/h3-4,9-10H,5-8,13H2,1-2H3,(H,14,17)(H,15,16)/t10-/m0/s1. The van der Waals surface area contributed by atoms with E-state index >= 15 is 0 Å². The average molecular weight is 238 g/mol. The van der Waals surface area contributed by atoms with Gasteiger partial charge in [-0.3, -0.25) is 9.89 Å². The van der Waals surface area contributed by atoms with Gasteiger partial charge in [0.05, 0.1) is 12.2 Å². The van der Waals surface area contributed by atoms with Crippen molar-refractivity contribution < 1.29 is 4.79 Å². The molecule has 1 aromatic rings. The van der Waals surface area contributed by atoms with Gasteiger partial charge in [-0.1, -0.05) is 13.8 Å². The zero-order chi connectivity index (χ0) is 12.7. The molecule has 0 aliphatic carbocycles. The molecule has 5 heteroatoms. The minimum atomic E-state index is 0.0516. The molecule has 1 amide bonds. The first-order valence-electron chi connectivity index (χ1n) is 6.06. The van der Waals surface area contributed by atoms with Crippen LogP contribution in [0.25, 0.3) is 0 Å². The molecule has 0 aromatic carbocycles. The van der Waals surface area contributed by atoms with Crippen LogP contribution in [0.15, 0.2) is 12.3 Å². The maximum absolute atomic E-state index is 11.7. The van der Waals surface area contributed by atoms with Crippen LogP contribution in [-0.4, -0.2) is 22.6 Å². The number of rotatable bonds is 7. The molecule has 1 heterocycles. The summed E-state index contributed by atoms with van der Waals surface area (Å²) in [6.07, 6.45) is 3.17. The van der Waals surface area contributed by atoms with Crippen LogP contribution in [0, 0.1) is 11.8 Å². The minimum absolute atomic E-state index is 0.0516. The van der Waals surface area contributed by atoms with Crippen LogP contribution in [0.2, 0.25) is 0 Å². The second-order valence-electron chi connectivity index (χ2n) is 4.79. The number of aromatic amines is 1. The third kappa shape index (κ3) is 5.49. The Kier molecular flexibility index (Phi) is 5.69. The minimum Gasteiger partial charge on any atom is -0.350 e. The number of nitrogens with two attached hydrogens (primary N) is 1. The van der Waals surface area contributed by atoms with Gasteiger partial charge < -0.3 is 11.1 Å². The van der Waals surface area contributed by atoms with E-state index < -0.39 is 0 Å². The van der Waals surface area contributed by atoms with Crippen molar-refractivity contribution >= 4 is 5.91 Å². The number of carbonyl (C=O) groups excluding carboxylic acids is 1. The fraction of sp³-hybridized carbons (Fsp3) is 0.667. The van der Waals surface area contributed by atoms with Gasteiger partial charge >= 0.3 is 0 Å². The van der Waals surface area contributed by atoms with Gasteiger partial charge in [-0.25, -0.2) is 0 Å². The number of aromatic nitrogens is 2. The zero-order valence-electron chi connectivity index (χ0n) is 10.6. The van der Waals surface area contributed by atoms with E-state index in [4.69, 9.17) is 5.73 Å². The molecule has 1 aromatic heterocycles. The molecule has 0 spiro atoms. The number of nitrogens with zero attached hydrogens (tertiary/aromatic N) is 1. The fourth-order valence-electron chi connectivity index (χ4n) is 1.84. The molecule has 0 fully saturated rings. The van der Waals surface area contributed by atoms with Crippen molar-refractivity contribution in [3.63, 3.8) is 0 Å². The Hall–Kier alpha value is -1.36. The van der Waals surface area contributed by atoms with E-state index in [1.165, 1.54) is 0 Å². The summed E-state index contributed by atoms with van der Waals surface area (Å²) in [6, 6.07) is 1.84. The highest BCUT2D eigenvalue weighted by Gasteiger charge is 2.13. The lowest BCUT2D eigenvalue weighted by Gasteiger charge is -2.16. The van der Waals surface area contributed by atoms with Crippen LogP contribution in [0.1, 0.15) is 32.4 Å². The highest BCUT2D eigenvalue weighted by Crippen LogP contribution is 2.13. The number of H-pyrrole nitrogens is 1. The van der Waals surface area contributed by atoms with Crippen molar-refractivity contribution in [3.8, 4) is 0 Å². The smallest absolute Gasteiger partial charge is 0.220 e. The summed E-state index contributed by atoms with van der Waals surface area (Å²) in [6.45, 7) is 5.35. The van der Waals surface area contributed by atoms with E-state index in [1.807, 2.05) is 6.07 Å². The number of amides is 1. The fourth-order valence-corrected chi connectivity index (χ4v) is 1.84. The maximum Gasteiger partial charge on any atom is 0.220 e. The van der Waals surface area contributed by atoms with E-state index in [9.17, 15) is 4.79 Å². The number of hydrogen-bond acceptors (Lipinski definition) is 3. The zero-order valence-corrected chi connectivity index (χ0v) is 10.6. The Bertz CT molecular complexity index is 321. The largest absolute Gasteiger partial charge is 0.350 e. The summed E-state index contributed by atoms with van der Waals surface area (Å²) < 4.78 is 0. The van der Waals surface area contributed by atoms with Gasteiger partial charge in [0, 0.05) is 12.6 Å². The first kappa shape index (κ1) is 13.7. The Labute approximate surface area is 102 Å². The summed E-state index contributed by atoms with van der Waals surface area (Å²) >= 11 is 0. The van der Waals surface area contributed by atoms with Crippen molar-refractivity contribution in [1.29, 1.82) is 0 Å². The Balaban J connectivity index is 2.27. The van der Waals surface area contributed by atoms with Crippen molar-refractivity contribution in [1.82, 2.24) is 15.5 Å². The lowest BCUT2D eigenvalue weighted by molar-refractivity contribution is -0.122. The van der Waals surface area contributed by atoms with Crippen LogP contribution >= 0.6 is 0 Å². The van der Waals surface area contributed by atoms with Gasteiger partial charge in [-0.2, -0.15) is 5.10 Å². The normalized spacial score (nSPS) is 12.7. The molecule has 17 heavy (non-hydrogen) atoms. The van der Waals surface area contributed by atoms with Crippen LogP contribution in [0.5, 0.6) is 0 Å². The molecule has 0 aliphatic heterocycles. The molecular weight excluding hydrogens is 216 g/mol. The van der Waals surface area contributed by atoms with Crippen molar-refractivity contribution in [2.75, 3.05) is 6.54 Å². The van der Waals surface area contributed by atoms with E-state index in [1.54, 1.807) is 6.20 Å². The quantitative estimate of drug-likeness (QED) is 0.663. The van der Waals surface area contributed by atoms with Gasteiger partial charge in [0.1, 0.15) is 0 Å². The first-order chi connectivity index (χ1) is 8.11. The molecule has 4 N–H and O–H groups in total. The van der Waals surface area contributed by atoms with E-state index in [0.717, 1.165) is 12.1 Å². The number of hydrogen-bond donors (Lipinski definition) is 3. The Morgan fingerprint density at radius 1 is 1.59 bits per heavy atom. The third-order valence-electron chi connectivity index (χ3n) is 2.65. The third-order valence-corrected chi connectivity index (χ3v) is 2.65. The number of nitrogens with one attached hydrogen (secondary N) is 2. The van der Waals surface area contributed by atoms with Gasteiger partial charge in [-0.05, 0) is 30.9 Å². The molecule has 1 atom stereocenters. The predicted molar refractivity (Wildman–Crippen MR) is 67.1 cm³/mol. The van der Waals surface area contributed by atoms with Crippen molar-refractivity contribution in [2.45, 2.75) is 33.2 Å². The summed E-state index contributed by atoms with van der Waals surface area (Å²) in [5.41, 5.74) is 6.57. The maximum atomic E-state index is 11.7. The van der Waals surface area contributed by atoms with Crippen molar-refractivity contribution in [2.24, 2.45) is 17.6 Å². The van der Waals surface area contributed by atoms with Crippen LogP contribution < -0.4 is 11.1 Å². The van der Waals surface area contributed by atoms with Crippen LogP contribution in [0.4, 0.5) is 0 Å². The molecule has 0 radical (unpaired) electrons. The monoisotopic (exact) mass is 238 g/mol. The van der Waals surface area contributed by atoms with Crippen molar-refractivity contribution in [3.05, 3.63) is 18.0 Å². The SMILES string of the molecule is CC(C)C[C@H](CN)CC(=O)NCc1ccn[nH]1. The predicted octanol–water partition coefficient (Wildman–Crippen LogP) is 1.04. The second-order valence-corrected chi connectivity index (χ2v) is 4.79. The average Bonchev–Trinajstić information content (AvgIpc) is 2.77. The lowest BCUT2D eigenvalue weighted by atomic mass is 9.94. The van der Waals surface area contributed by atoms with Crippen LogP contribution in [-0.2, 0) is 11.3 Å². The molecule has 1 rings (SSSR count). The molecule has 0 bridgehead atoms. The van der Waals surface area contributed by atoms with Gasteiger partial charge in [0.15, 0.2) is 0 Å². The molecule has 0 saturated heterocycles. The second kappa shape index (κ2) is 7.06. The Morgan fingerprint density at radius 3 is 2.88 bits per heavy atom. The van der Waals surface area contributed by atoms with E-state index in [2.05, 4.69) is 29.4 Å². The molecule has 5 nitrogen and oxygen atoms in total. The van der Waals surface area contributed by atoms with Gasteiger partial charge in [0.2, 0.25) is 5.91 Å². The molecule has 0 saturated carbocycles. The summed E-state index contributed by atoms with van der Waals surface area (Å²) in [4.78, 5) is 11.7. The summed E-state index contributed by atoms with van der Waals surface area (Å²) in [7, 11) is 0. The molecule has 96 valence electrons. The van der Waals surface area contributed by atoms with Gasteiger partial charge in [-0.15, -0.1) is 0 Å². The molecule has 0 aliphatic rings. The Morgan fingerprint density at radius 2 is 2.35 bits per heavy atom. The van der Waals surface area contributed by atoms with Gasteiger partial charge in [0.25, 0.3) is 0 Å². The van der Waals surface area contributed by atoms with E-state index in [0.29, 0.717) is 25.4 Å². The first-order valence-corrected chi connectivity index (χ1v) is 6.06. The highest BCUT2D eigenvalue weighted by atomic mass is 16.1. The topological polar surface area (TPSA) is 83.8 Å². The van der Waals surface area contributed by atoms with E-state index in [-0.39, 0.29) is 11.8 Å². The number of carbonyl (C=O) groups is 1. The molecular formula is C12H22N4O. The highest BCUT2D eigenvalue weighted by molar-refractivity contribution is 5.76. The van der Waals surface area contributed by atoms with Crippen LogP contribution in [0.3, 0.4) is 0 Å². The summed E-state index contributed by atoms with van der Waals surface area (Å²) in [5, 5.41) is 9.48. The summed E-state index contributed by atoms with van der Waals surface area (Å²) in [5.74, 6) is 0.899. The molecule has 0 unspecified atom stereocenters. The lowest BCUT2D eigenvalue weighted by Crippen LogP contribution is -2.28.